The highest BCUT2D eigenvalue weighted by molar-refractivity contribution is 4.86. The number of piperidine rings is 1. The van der Waals surface area contributed by atoms with Crippen LogP contribution in [0.4, 0.5) is 0 Å². The zero-order chi connectivity index (χ0) is 9.80. The van der Waals surface area contributed by atoms with E-state index in [0.29, 0.717) is 0 Å². The van der Waals surface area contributed by atoms with E-state index in [4.69, 9.17) is 0 Å². The summed E-state index contributed by atoms with van der Waals surface area (Å²) >= 11 is 0. The monoisotopic (exact) mass is 194 g/mol. The summed E-state index contributed by atoms with van der Waals surface area (Å²) in [7, 11) is 0. The molecule has 4 heteroatoms. The van der Waals surface area contributed by atoms with Crippen LogP contribution in [0.3, 0.4) is 0 Å². The lowest BCUT2D eigenvalue weighted by Crippen LogP contribution is -2.28. The molecule has 2 heterocycles. The molecule has 1 aliphatic rings. The quantitative estimate of drug-likeness (QED) is 0.780. The highest BCUT2D eigenvalue weighted by atomic mass is 15.4. The van der Waals surface area contributed by atoms with Crippen LogP contribution in [0, 0.1) is 12.8 Å². The van der Waals surface area contributed by atoms with Crippen molar-refractivity contribution >= 4 is 0 Å². The molecule has 1 aromatic heterocycles. The average Bonchev–Trinajstić information content (AvgIpc) is 2.63. The summed E-state index contributed by atoms with van der Waals surface area (Å²) in [6.45, 7) is 5.36. The van der Waals surface area contributed by atoms with Crippen LogP contribution in [0.5, 0.6) is 0 Å². The molecule has 0 aliphatic carbocycles. The molecule has 1 aliphatic heterocycles. The van der Waals surface area contributed by atoms with Gasteiger partial charge in [0.25, 0.3) is 0 Å². The molecule has 0 unspecified atom stereocenters. The van der Waals surface area contributed by atoms with Crippen molar-refractivity contribution in [3.8, 4) is 0 Å². The van der Waals surface area contributed by atoms with Crippen LogP contribution >= 0.6 is 0 Å². The first-order valence-corrected chi connectivity index (χ1v) is 5.42. The van der Waals surface area contributed by atoms with Gasteiger partial charge in [0.05, 0.1) is 5.69 Å². The molecular formula is C10H18N4. The Morgan fingerprint density at radius 1 is 1.50 bits per heavy atom. The SMILES string of the molecule is Cc1cn(CCC2CCNCC2)nn1. The van der Waals surface area contributed by atoms with Gasteiger partial charge in [0.2, 0.25) is 0 Å². The maximum absolute atomic E-state index is 4.05. The molecule has 1 fully saturated rings. The Labute approximate surface area is 84.7 Å². The van der Waals surface area contributed by atoms with Crippen molar-refractivity contribution in [3.05, 3.63) is 11.9 Å². The molecule has 0 saturated carbocycles. The Hall–Kier alpha value is -0.900. The minimum Gasteiger partial charge on any atom is -0.317 e. The number of hydrogen-bond donors (Lipinski definition) is 1. The predicted molar refractivity (Wildman–Crippen MR) is 55.0 cm³/mol. The second-order valence-electron chi connectivity index (χ2n) is 4.11. The van der Waals surface area contributed by atoms with Crippen LogP contribution < -0.4 is 5.32 Å². The van der Waals surface area contributed by atoms with E-state index >= 15 is 0 Å². The minimum atomic E-state index is 0.876. The Bertz CT molecular complexity index is 275. The van der Waals surface area contributed by atoms with Crippen molar-refractivity contribution in [2.75, 3.05) is 13.1 Å². The first-order valence-electron chi connectivity index (χ1n) is 5.42. The zero-order valence-corrected chi connectivity index (χ0v) is 8.74. The second kappa shape index (κ2) is 4.55. The molecule has 0 amide bonds. The van der Waals surface area contributed by atoms with Crippen LogP contribution in [0.1, 0.15) is 25.0 Å². The third kappa shape index (κ3) is 2.54. The first-order chi connectivity index (χ1) is 6.84. The number of nitrogens with one attached hydrogen (secondary N) is 1. The number of aryl methyl sites for hydroxylation is 2. The van der Waals surface area contributed by atoms with E-state index in [9.17, 15) is 0 Å². The fourth-order valence-corrected chi connectivity index (χ4v) is 1.99. The molecule has 0 atom stereocenters. The van der Waals surface area contributed by atoms with E-state index in [1.807, 2.05) is 17.8 Å². The van der Waals surface area contributed by atoms with E-state index in [-0.39, 0.29) is 0 Å². The highest BCUT2D eigenvalue weighted by Gasteiger charge is 2.12. The molecular weight excluding hydrogens is 176 g/mol. The molecule has 0 bridgehead atoms. The molecule has 1 saturated heterocycles. The van der Waals surface area contributed by atoms with Crippen molar-refractivity contribution in [1.82, 2.24) is 20.3 Å². The predicted octanol–water partition coefficient (Wildman–Crippen LogP) is 0.976. The summed E-state index contributed by atoms with van der Waals surface area (Å²) < 4.78 is 1.96. The van der Waals surface area contributed by atoms with Crippen molar-refractivity contribution in [2.24, 2.45) is 5.92 Å². The van der Waals surface area contributed by atoms with Crippen LogP contribution in [-0.4, -0.2) is 28.1 Å². The van der Waals surface area contributed by atoms with Gasteiger partial charge in [-0.2, -0.15) is 0 Å². The molecule has 1 aromatic rings. The van der Waals surface area contributed by atoms with Crippen LogP contribution in [-0.2, 0) is 6.54 Å². The van der Waals surface area contributed by atoms with Gasteiger partial charge in [0.1, 0.15) is 0 Å². The van der Waals surface area contributed by atoms with Gasteiger partial charge < -0.3 is 5.32 Å². The summed E-state index contributed by atoms with van der Waals surface area (Å²) in [4.78, 5) is 0. The zero-order valence-electron chi connectivity index (χ0n) is 8.74. The molecule has 1 N–H and O–H groups in total. The smallest absolute Gasteiger partial charge is 0.0796 e. The molecule has 14 heavy (non-hydrogen) atoms. The lowest BCUT2D eigenvalue weighted by Gasteiger charge is -2.22. The fraction of sp³-hybridized carbons (Fsp3) is 0.800. The van der Waals surface area contributed by atoms with Gasteiger partial charge in [0.15, 0.2) is 0 Å². The second-order valence-corrected chi connectivity index (χ2v) is 4.11. The minimum absolute atomic E-state index is 0.876. The lowest BCUT2D eigenvalue weighted by atomic mass is 9.95. The van der Waals surface area contributed by atoms with Crippen LogP contribution in [0.2, 0.25) is 0 Å². The summed E-state index contributed by atoms with van der Waals surface area (Å²) in [5.41, 5.74) is 1.01. The first kappa shape index (κ1) is 9.65. The molecule has 0 aromatic carbocycles. The van der Waals surface area contributed by atoms with Crippen molar-refractivity contribution in [1.29, 1.82) is 0 Å². The fourth-order valence-electron chi connectivity index (χ4n) is 1.99. The summed E-state index contributed by atoms with van der Waals surface area (Å²) in [6.07, 6.45) is 5.88. The number of rotatable bonds is 3. The van der Waals surface area contributed by atoms with Crippen molar-refractivity contribution < 1.29 is 0 Å². The van der Waals surface area contributed by atoms with Crippen molar-refractivity contribution in [3.63, 3.8) is 0 Å². The van der Waals surface area contributed by atoms with E-state index in [0.717, 1.165) is 18.2 Å². The van der Waals surface area contributed by atoms with E-state index < -0.39 is 0 Å². The summed E-state index contributed by atoms with van der Waals surface area (Å²) in [6, 6.07) is 0. The molecule has 78 valence electrons. The van der Waals surface area contributed by atoms with Gasteiger partial charge >= 0.3 is 0 Å². The topological polar surface area (TPSA) is 42.7 Å². The van der Waals surface area contributed by atoms with Gasteiger partial charge in [0, 0.05) is 12.7 Å². The van der Waals surface area contributed by atoms with Crippen LogP contribution in [0.15, 0.2) is 6.20 Å². The Kier molecular flexibility index (Phi) is 3.14. The Balaban J connectivity index is 1.76. The van der Waals surface area contributed by atoms with Gasteiger partial charge in [-0.25, -0.2) is 0 Å². The number of hydrogen-bond acceptors (Lipinski definition) is 3. The van der Waals surface area contributed by atoms with Gasteiger partial charge in [-0.15, -0.1) is 5.10 Å². The summed E-state index contributed by atoms with van der Waals surface area (Å²) in [5.74, 6) is 0.876. The average molecular weight is 194 g/mol. The van der Waals surface area contributed by atoms with Crippen molar-refractivity contribution in [2.45, 2.75) is 32.7 Å². The maximum Gasteiger partial charge on any atom is 0.0796 e. The summed E-state index contributed by atoms with van der Waals surface area (Å²) in [5, 5.41) is 11.4. The molecule has 0 spiro atoms. The highest BCUT2D eigenvalue weighted by Crippen LogP contribution is 2.16. The Morgan fingerprint density at radius 3 is 2.93 bits per heavy atom. The van der Waals surface area contributed by atoms with Gasteiger partial charge in [-0.3, -0.25) is 4.68 Å². The normalized spacial score (nSPS) is 18.6. The van der Waals surface area contributed by atoms with E-state index in [1.54, 1.807) is 0 Å². The van der Waals surface area contributed by atoms with Crippen LogP contribution in [0.25, 0.3) is 0 Å². The number of aromatic nitrogens is 3. The third-order valence-electron chi connectivity index (χ3n) is 2.88. The largest absolute Gasteiger partial charge is 0.317 e. The number of nitrogens with zero attached hydrogens (tertiary/aromatic N) is 3. The lowest BCUT2D eigenvalue weighted by molar-refractivity contribution is 0.330. The maximum atomic E-state index is 4.05. The van der Waals surface area contributed by atoms with E-state index in [1.165, 1.54) is 32.4 Å². The standard InChI is InChI=1S/C10H18N4/c1-9-8-14(13-12-9)7-4-10-2-5-11-6-3-10/h8,10-11H,2-7H2,1H3. The molecule has 0 radical (unpaired) electrons. The van der Waals surface area contributed by atoms with Gasteiger partial charge in [-0.1, -0.05) is 5.21 Å². The molecule has 2 rings (SSSR count). The molecule has 4 nitrogen and oxygen atoms in total. The Morgan fingerprint density at radius 2 is 2.29 bits per heavy atom. The van der Waals surface area contributed by atoms with E-state index in [2.05, 4.69) is 15.6 Å². The van der Waals surface area contributed by atoms with Gasteiger partial charge in [-0.05, 0) is 45.2 Å². The third-order valence-corrected chi connectivity index (χ3v) is 2.88.